The average Bonchev–Trinajstić information content (AvgIpc) is 2.70. The van der Waals surface area contributed by atoms with Gasteiger partial charge in [0.15, 0.2) is 6.10 Å². The van der Waals surface area contributed by atoms with E-state index >= 15 is 0 Å². The van der Waals surface area contributed by atoms with Gasteiger partial charge in [0.05, 0.1) is 11.6 Å². The summed E-state index contributed by atoms with van der Waals surface area (Å²) in [6.45, 7) is 1.28. The molecule has 0 spiro atoms. The molecule has 2 rings (SSSR count). The number of rotatable bonds is 11. The van der Waals surface area contributed by atoms with Crippen molar-refractivity contribution in [3.63, 3.8) is 0 Å². The van der Waals surface area contributed by atoms with Gasteiger partial charge in [-0.05, 0) is 42.2 Å². The van der Waals surface area contributed by atoms with Gasteiger partial charge in [0, 0.05) is 19.6 Å². The first-order chi connectivity index (χ1) is 15.4. The summed E-state index contributed by atoms with van der Waals surface area (Å²) in [7, 11) is 0. The standard InChI is InChI=1S/C22H24ClF6NO3/c1-2-16-7-4-9-18(20(16)23)32-11-5-10-30(14-19(31)21(24,25)26)13-15-6-3-8-17(12-15)33-22(27,28)29/h3-4,6-9,12,19,31H,2,5,10-11,13-14H2,1H3. The smallest absolute Gasteiger partial charge is 0.492 e. The Morgan fingerprint density at radius 3 is 2.39 bits per heavy atom. The Bertz CT molecular complexity index is 891. The molecule has 0 amide bonds. The van der Waals surface area contributed by atoms with Crippen molar-refractivity contribution in [1.29, 1.82) is 0 Å². The molecule has 0 radical (unpaired) electrons. The van der Waals surface area contributed by atoms with Crippen LogP contribution in [0.1, 0.15) is 24.5 Å². The van der Waals surface area contributed by atoms with Crippen LogP contribution in [0.25, 0.3) is 0 Å². The van der Waals surface area contributed by atoms with Crippen molar-refractivity contribution in [2.75, 3.05) is 19.7 Å². The van der Waals surface area contributed by atoms with E-state index in [2.05, 4.69) is 4.74 Å². The molecule has 1 N–H and O–H groups in total. The summed E-state index contributed by atoms with van der Waals surface area (Å²) < 4.78 is 85.4. The number of aryl methyl sites for hydroxylation is 1. The Labute approximate surface area is 192 Å². The van der Waals surface area contributed by atoms with Crippen LogP contribution in [0.5, 0.6) is 11.5 Å². The summed E-state index contributed by atoms with van der Waals surface area (Å²) in [5, 5.41) is 9.95. The molecule has 2 aromatic carbocycles. The lowest BCUT2D eigenvalue weighted by atomic mass is 10.1. The Balaban J connectivity index is 2.03. The number of aliphatic hydroxyl groups excluding tert-OH is 1. The molecule has 0 aliphatic rings. The van der Waals surface area contributed by atoms with E-state index in [0.717, 1.165) is 17.7 Å². The predicted molar refractivity (Wildman–Crippen MR) is 111 cm³/mol. The van der Waals surface area contributed by atoms with E-state index in [-0.39, 0.29) is 26.1 Å². The van der Waals surface area contributed by atoms with Crippen molar-refractivity contribution in [2.24, 2.45) is 0 Å². The molecule has 4 nitrogen and oxygen atoms in total. The molecule has 0 saturated carbocycles. The quantitative estimate of drug-likeness (QED) is 0.304. The fraction of sp³-hybridized carbons (Fsp3) is 0.455. The minimum Gasteiger partial charge on any atom is -0.492 e. The third-order valence-electron chi connectivity index (χ3n) is 4.65. The van der Waals surface area contributed by atoms with Crippen LogP contribution in [0.2, 0.25) is 5.02 Å². The van der Waals surface area contributed by atoms with Crippen LogP contribution < -0.4 is 9.47 Å². The SMILES string of the molecule is CCc1cccc(OCCCN(Cc2cccc(OC(F)(F)F)c2)CC(O)C(F)(F)F)c1Cl. The van der Waals surface area contributed by atoms with E-state index in [4.69, 9.17) is 16.3 Å². The lowest BCUT2D eigenvalue weighted by Gasteiger charge is -2.26. The maximum Gasteiger partial charge on any atom is 0.573 e. The van der Waals surface area contributed by atoms with Crippen molar-refractivity contribution >= 4 is 11.6 Å². The summed E-state index contributed by atoms with van der Waals surface area (Å²) in [6, 6.07) is 10.3. The predicted octanol–water partition coefficient (Wildman–Crippen LogP) is 6.00. The molecule has 11 heteroatoms. The molecule has 0 aromatic heterocycles. The first-order valence-corrected chi connectivity index (χ1v) is 10.5. The maximum absolute atomic E-state index is 12.9. The Kier molecular flexibility index (Phi) is 9.69. The number of alkyl halides is 6. The highest BCUT2D eigenvalue weighted by Gasteiger charge is 2.39. The zero-order chi connectivity index (χ0) is 24.6. The van der Waals surface area contributed by atoms with Gasteiger partial charge < -0.3 is 14.6 Å². The van der Waals surface area contributed by atoms with Gasteiger partial charge in [0.1, 0.15) is 11.5 Å². The van der Waals surface area contributed by atoms with Crippen molar-refractivity contribution in [3.8, 4) is 11.5 Å². The van der Waals surface area contributed by atoms with Gasteiger partial charge in [-0.15, -0.1) is 13.2 Å². The molecular formula is C22H24ClF6NO3. The van der Waals surface area contributed by atoms with E-state index in [1.54, 1.807) is 12.1 Å². The van der Waals surface area contributed by atoms with E-state index < -0.39 is 30.9 Å². The molecule has 1 unspecified atom stereocenters. The van der Waals surface area contributed by atoms with Gasteiger partial charge in [-0.3, -0.25) is 4.90 Å². The van der Waals surface area contributed by atoms with Gasteiger partial charge in [0.25, 0.3) is 0 Å². The minimum atomic E-state index is -4.89. The van der Waals surface area contributed by atoms with E-state index in [1.807, 2.05) is 13.0 Å². The molecule has 0 saturated heterocycles. The number of halogens is 7. The molecule has 1 atom stereocenters. The summed E-state index contributed by atoms with van der Waals surface area (Å²) in [6.07, 6.45) is -11.3. The van der Waals surface area contributed by atoms with Crippen molar-refractivity contribution in [3.05, 3.63) is 58.6 Å². The van der Waals surface area contributed by atoms with Crippen LogP contribution in [0, 0.1) is 0 Å². The van der Waals surface area contributed by atoms with Gasteiger partial charge in [0.2, 0.25) is 0 Å². The van der Waals surface area contributed by atoms with Crippen LogP contribution in [0.4, 0.5) is 26.3 Å². The lowest BCUT2D eigenvalue weighted by Crippen LogP contribution is -2.41. The van der Waals surface area contributed by atoms with Gasteiger partial charge in [-0.2, -0.15) is 13.2 Å². The number of ether oxygens (including phenoxy) is 2. The third kappa shape index (κ3) is 9.30. The van der Waals surface area contributed by atoms with Gasteiger partial charge >= 0.3 is 12.5 Å². The summed E-state index contributed by atoms with van der Waals surface area (Å²) >= 11 is 6.25. The highest BCUT2D eigenvalue weighted by Crippen LogP contribution is 2.29. The number of hydrogen-bond donors (Lipinski definition) is 1. The molecule has 0 bridgehead atoms. The maximum atomic E-state index is 12.9. The normalized spacial score (nSPS) is 13.3. The number of hydrogen-bond acceptors (Lipinski definition) is 4. The molecular weight excluding hydrogens is 476 g/mol. The Hall–Kier alpha value is -2.17. The van der Waals surface area contributed by atoms with E-state index in [1.165, 1.54) is 17.0 Å². The van der Waals surface area contributed by atoms with E-state index in [9.17, 15) is 31.4 Å². The molecule has 0 aliphatic heterocycles. The highest BCUT2D eigenvalue weighted by molar-refractivity contribution is 6.32. The number of aliphatic hydroxyl groups is 1. The second kappa shape index (κ2) is 11.8. The van der Waals surface area contributed by atoms with E-state index in [0.29, 0.717) is 22.8 Å². The number of benzene rings is 2. The second-order valence-electron chi connectivity index (χ2n) is 7.27. The van der Waals surface area contributed by atoms with Crippen molar-refractivity contribution in [2.45, 2.75) is 45.0 Å². The van der Waals surface area contributed by atoms with Gasteiger partial charge in [-0.25, -0.2) is 0 Å². The zero-order valence-corrected chi connectivity index (χ0v) is 18.5. The molecule has 0 heterocycles. The summed E-state index contributed by atoms with van der Waals surface area (Å²) in [4.78, 5) is 1.29. The molecule has 2 aromatic rings. The summed E-state index contributed by atoms with van der Waals surface area (Å²) in [5.74, 6) is -0.0278. The van der Waals surface area contributed by atoms with Crippen LogP contribution in [-0.2, 0) is 13.0 Å². The van der Waals surface area contributed by atoms with Crippen molar-refractivity contribution in [1.82, 2.24) is 4.90 Å². The highest BCUT2D eigenvalue weighted by atomic mass is 35.5. The van der Waals surface area contributed by atoms with Crippen LogP contribution in [0.15, 0.2) is 42.5 Å². The first-order valence-electron chi connectivity index (χ1n) is 10.1. The zero-order valence-electron chi connectivity index (χ0n) is 17.7. The first kappa shape index (κ1) is 27.1. The van der Waals surface area contributed by atoms with Crippen molar-refractivity contribution < 1.29 is 40.9 Å². The third-order valence-corrected chi connectivity index (χ3v) is 5.08. The van der Waals surface area contributed by atoms with Crippen LogP contribution in [-0.4, -0.2) is 48.3 Å². The topological polar surface area (TPSA) is 41.9 Å². The molecule has 0 aliphatic carbocycles. The lowest BCUT2D eigenvalue weighted by molar-refractivity contribution is -0.274. The minimum absolute atomic E-state index is 0.0859. The van der Waals surface area contributed by atoms with Gasteiger partial charge in [-0.1, -0.05) is 42.8 Å². The fourth-order valence-electron chi connectivity index (χ4n) is 3.09. The Morgan fingerprint density at radius 1 is 1.06 bits per heavy atom. The second-order valence-corrected chi connectivity index (χ2v) is 7.65. The molecule has 184 valence electrons. The van der Waals surface area contributed by atoms with Crippen LogP contribution in [0.3, 0.4) is 0 Å². The monoisotopic (exact) mass is 499 g/mol. The Morgan fingerprint density at radius 2 is 1.76 bits per heavy atom. The number of nitrogens with zero attached hydrogens (tertiary/aromatic N) is 1. The fourth-order valence-corrected chi connectivity index (χ4v) is 3.41. The largest absolute Gasteiger partial charge is 0.573 e. The van der Waals surface area contributed by atoms with Crippen LogP contribution >= 0.6 is 11.6 Å². The average molecular weight is 500 g/mol. The molecule has 33 heavy (non-hydrogen) atoms. The molecule has 0 fully saturated rings. The summed E-state index contributed by atoms with van der Waals surface area (Å²) in [5.41, 5.74) is 1.19.